The summed E-state index contributed by atoms with van der Waals surface area (Å²) >= 11 is 0. The van der Waals surface area contributed by atoms with Crippen LogP contribution < -0.4 is 0 Å². The van der Waals surface area contributed by atoms with Crippen LogP contribution in [-0.2, 0) is 23.4 Å². The van der Waals surface area contributed by atoms with Crippen molar-refractivity contribution in [3.8, 4) is 0 Å². The first-order chi connectivity index (χ1) is 11.2. The van der Waals surface area contributed by atoms with Crippen molar-refractivity contribution in [3.63, 3.8) is 0 Å². The second-order valence-electron chi connectivity index (χ2n) is 6.08. The van der Waals surface area contributed by atoms with Gasteiger partial charge >= 0.3 is 0 Å². The van der Waals surface area contributed by atoms with E-state index >= 15 is 0 Å². The minimum absolute atomic E-state index is 0.00991. The minimum Gasteiger partial charge on any atom is -0.360 e. The molecule has 6 nitrogen and oxygen atoms in total. The Morgan fingerprint density at radius 1 is 1.39 bits per heavy atom. The van der Waals surface area contributed by atoms with Crippen molar-refractivity contribution in [3.05, 3.63) is 53.4 Å². The number of carbonyl (C=O) groups is 1. The van der Waals surface area contributed by atoms with Crippen molar-refractivity contribution in [2.24, 2.45) is 0 Å². The van der Waals surface area contributed by atoms with Gasteiger partial charge in [0.2, 0.25) is 0 Å². The Kier molecular flexibility index (Phi) is 3.34. The van der Waals surface area contributed by atoms with E-state index < -0.39 is 5.60 Å². The molecular formula is C17H18N4O2. The molecule has 4 rings (SSSR count). The number of likely N-dealkylation sites (tertiary alicyclic amines) is 1. The molecule has 1 saturated heterocycles. The fourth-order valence-corrected chi connectivity index (χ4v) is 3.22. The summed E-state index contributed by atoms with van der Waals surface area (Å²) in [6.45, 7) is 3.71. The third-order valence-corrected chi connectivity index (χ3v) is 4.46. The van der Waals surface area contributed by atoms with E-state index in [1.54, 1.807) is 29.4 Å². The highest BCUT2D eigenvalue weighted by Gasteiger charge is 2.52. The highest BCUT2D eigenvalue weighted by molar-refractivity contribution is 5.94. The number of fused-ring (bicyclic) bond motifs is 2. The molecule has 23 heavy (non-hydrogen) atoms. The Labute approximate surface area is 134 Å². The number of nitrogens with zero attached hydrogens (tertiary/aromatic N) is 4. The molecule has 118 valence electrons. The number of amides is 1. The van der Waals surface area contributed by atoms with Crippen LogP contribution in [0.1, 0.15) is 40.8 Å². The van der Waals surface area contributed by atoms with Gasteiger partial charge in [0.15, 0.2) is 0 Å². The monoisotopic (exact) mass is 310 g/mol. The zero-order valence-corrected chi connectivity index (χ0v) is 13.0. The van der Waals surface area contributed by atoms with Gasteiger partial charge in [-0.05, 0) is 18.6 Å². The second-order valence-corrected chi connectivity index (χ2v) is 6.08. The smallest absolute Gasteiger partial charge is 0.255 e. The predicted molar refractivity (Wildman–Crippen MR) is 82.6 cm³/mol. The van der Waals surface area contributed by atoms with Crippen molar-refractivity contribution in [2.75, 3.05) is 13.1 Å². The standard InChI is InChI=1S/C17H18N4O2/c1-2-4-15-19-8-13-14(20-15)9-23-17(13)10-21(11-17)16(22)12-5-3-6-18-7-12/h3,5-8H,2,4,9-11H2,1H3. The normalized spacial score (nSPS) is 17.9. The Morgan fingerprint density at radius 3 is 3.00 bits per heavy atom. The third kappa shape index (κ3) is 2.30. The summed E-state index contributed by atoms with van der Waals surface area (Å²) in [4.78, 5) is 27.2. The summed E-state index contributed by atoms with van der Waals surface area (Å²) in [6.07, 6.45) is 7.04. The molecule has 4 heterocycles. The number of ether oxygens (including phenoxy) is 1. The van der Waals surface area contributed by atoms with Gasteiger partial charge in [-0.15, -0.1) is 0 Å². The zero-order valence-electron chi connectivity index (χ0n) is 13.0. The van der Waals surface area contributed by atoms with E-state index in [-0.39, 0.29) is 5.91 Å². The van der Waals surface area contributed by atoms with Crippen LogP contribution in [0.2, 0.25) is 0 Å². The summed E-state index contributed by atoms with van der Waals surface area (Å²) in [5.74, 6) is 0.860. The van der Waals surface area contributed by atoms with Crippen LogP contribution in [0.15, 0.2) is 30.7 Å². The van der Waals surface area contributed by atoms with E-state index in [2.05, 4.69) is 21.9 Å². The summed E-state index contributed by atoms with van der Waals surface area (Å²) in [5.41, 5.74) is 2.19. The SMILES string of the molecule is CCCc1ncc2c(n1)COC21CN(C(=O)c2cccnc2)C1. The first kappa shape index (κ1) is 14.3. The van der Waals surface area contributed by atoms with Crippen molar-refractivity contribution >= 4 is 5.91 Å². The van der Waals surface area contributed by atoms with Gasteiger partial charge in [-0.3, -0.25) is 9.78 Å². The molecule has 2 aliphatic heterocycles. The highest BCUT2D eigenvalue weighted by atomic mass is 16.5. The number of carbonyl (C=O) groups excluding carboxylic acids is 1. The minimum atomic E-state index is -0.419. The lowest BCUT2D eigenvalue weighted by atomic mass is 9.87. The maximum Gasteiger partial charge on any atom is 0.255 e. The van der Waals surface area contributed by atoms with Crippen LogP contribution in [0.3, 0.4) is 0 Å². The number of aromatic nitrogens is 3. The average Bonchev–Trinajstić information content (AvgIpc) is 2.93. The zero-order chi connectivity index (χ0) is 15.9. The number of pyridine rings is 1. The molecule has 2 aliphatic rings. The van der Waals surface area contributed by atoms with E-state index in [1.165, 1.54) is 0 Å². The summed E-state index contributed by atoms with van der Waals surface area (Å²) in [7, 11) is 0. The Morgan fingerprint density at radius 2 is 2.26 bits per heavy atom. The van der Waals surface area contributed by atoms with Crippen LogP contribution in [-0.4, -0.2) is 38.8 Å². The first-order valence-corrected chi connectivity index (χ1v) is 7.90. The molecule has 6 heteroatoms. The van der Waals surface area contributed by atoms with Gasteiger partial charge in [-0.25, -0.2) is 9.97 Å². The van der Waals surface area contributed by atoms with Crippen LogP contribution in [0.4, 0.5) is 0 Å². The van der Waals surface area contributed by atoms with Gasteiger partial charge in [0.1, 0.15) is 11.4 Å². The fourth-order valence-electron chi connectivity index (χ4n) is 3.22. The summed E-state index contributed by atoms with van der Waals surface area (Å²) in [6, 6.07) is 3.55. The first-order valence-electron chi connectivity index (χ1n) is 7.90. The number of hydrogen-bond donors (Lipinski definition) is 0. The average molecular weight is 310 g/mol. The van der Waals surface area contributed by atoms with Crippen LogP contribution in [0.25, 0.3) is 0 Å². The molecule has 0 radical (unpaired) electrons. The summed E-state index contributed by atoms with van der Waals surface area (Å²) in [5, 5.41) is 0. The van der Waals surface area contributed by atoms with Crippen LogP contribution in [0.5, 0.6) is 0 Å². The number of rotatable bonds is 3. The molecule has 0 unspecified atom stereocenters. The molecule has 0 atom stereocenters. The fraction of sp³-hybridized carbons (Fsp3) is 0.412. The van der Waals surface area contributed by atoms with Gasteiger partial charge in [-0.1, -0.05) is 6.92 Å². The number of hydrogen-bond acceptors (Lipinski definition) is 5. The van der Waals surface area contributed by atoms with E-state index in [1.807, 2.05) is 6.20 Å². The van der Waals surface area contributed by atoms with Crippen molar-refractivity contribution in [1.29, 1.82) is 0 Å². The Hall–Kier alpha value is -2.34. The maximum absolute atomic E-state index is 12.4. The van der Waals surface area contributed by atoms with Gasteiger partial charge < -0.3 is 9.64 Å². The van der Waals surface area contributed by atoms with E-state index in [9.17, 15) is 4.79 Å². The van der Waals surface area contributed by atoms with Crippen molar-refractivity contribution in [2.45, 2.75) is 32.0 Å². The van der Waals surface area contributed by atoms with Gasteiger partial charge in [-0.2, -0.15) is 0 Å². The van der Waals surface area contributed by atoms with Gasteiger partial charge in [0, 0.05) is 30.6 Å². The molecule has 0 saturated carbocycles. The van der Waals surface area contributed by atoms with Crippen LogP contribution >= 0.6 is 0 Å². The molecule has 1 fully saturated rings. The lowest BCUT2D eigenvalue weighted by Crippen LogP contribution is -2.61. The van der Waals surface area contributed by atoms with Crippen molar-refractivity contribution < 1.29 is 9.53 Å². The van der Waals surface area contributed by atoms with Crippen molar-refractivity contribution in [1.82, 2.24) is 19.9 Å². The predicted octanol–water partition coefficient (Wildman–Crippen LogP) is 1.71. The van der Waals surface area contributed by atoms with Crippen LogP contribution in [0, 0.1) is 0 Å². The largest absolute Gasteiger partial charge is 0.360 e. The molecule has 0 bridgehead atoms. The molecule has 0 aromatic carbocycles. The van der Waals surface area contributed by atoms with E-state index in [4.69, 9.17) is 4.74 Å². The highest BCUT2D eigenvalue weighted by Crippen LogP contribution is 2.42. The topological polar surface area (TPSA) is 68.2 Å². The lowest BCUT2D eigenvalue weighted by molar-refractivity contribution is -0.126. The number of aryl methyl sites for hydroxylation is 1. The Bertz CT molecular complexity index is 742. The molecule has 1 amide bonds. The molecule has 1 spiro atoms. The lowest BCUT2D eigenvalue weighted by Gasteiger charge is -2.47. The second kappa shape index (κ2) is 5.38. The third-order valence-electron chi connectivity index (χ3n) is 4.46. The molecule has 2 aromatic rings. The molecule has 0 aliphatic carbocycles. The molecular weight excluding hydrogens is 292 g/mol. The summed E-state index contributed by atoms with van der Waals surface area (Å²) < 4.78 is 5.98. The van der Waals surface area contributed by atoms with E-state index in [0.29, 0.717) is 25.3 Å². The molecule has 2 aromatic heterocycles. The van der Waals surface area contributed by atoms with Gasteiger partial charge in [0.05, 0.1) is 31.0 Å². The van der Waals surface area contributed by atoms with Gasteiger partial charge in [0.25, 0.3) is 5.91 Å². The quantitative estimate of drug-likeness (QED) is 0.863. The Balaban J connectivity index is 1.51. The molecule has 0 N–H and O–H groups in total. The maximum atomic E-state index is 12.4. The van der Waals surface area contributed by atoms with E-state index in [0.717, 1.165) is 29.9 Å².